The van der Waals surface area contributed by atoms with Gasteiger partial charge in [-0.25, -0.2) is 9.59 Å². The summed E-state index contributed by atoms with van der Waals surface area (Å²) in [5.41, 5.74) is 3.83. The maximum Gasteiger partial charge on any atom is 0.407 e. The van der Waals surface area contributed by atoms with Crippen LogP contribution in [0.2, 0.25) is 0 Å². The third kappa shape index (κ3) is 4.87. The van der Waals surface area contributed by atoms with Gasteiger partial charge in [0, 0.05) is 12.5 Å². The summed E-state index contributed by atoms with van der Waals surface area (Å²) in [6, 6.07) is 15.3. The molecule has 0 radical (unpaired) electrons. The standard InChI is InChI=1S/C26H30N2O5/c1-16(2)13-22(23(29)30)28-24(31)26(11-12-26)15-27-25(32)33-14-21-19-9-5-3-7-17(19)18-8-4-6-10-20(18)21/h3-10,16,21-22H,11-15H2,1-2H3,(H,27,32)(H,28,31)(H,29,30)/t22-/m0/s1. The first kappa shape index (κ1) is 22.8. The Kier molecular flexibility index (Phi) is 6.40. The summed E-state index contributed by atoms with van der Waals surface area (Å²) in [4.78, 5) is 36.6. The molecule has 2 aromatic rings. The minimum Gasteiger partial charge on any atom is -0.480 e. The van der Waals surface area contributed by atoms with Crippen molar-refractivity contribution in [2.45, 2.75) is 45.1 Å². The number of amides is 2. The summed E-state index contributed by atoms with van der Waals surface area (Å²) in [6.07, 6.45) is 0.997. The minimum absolute atomic E-state index is 0.0336. The van der Waals surface area contributed by atoms with Gasteiger partial charge in [-0.2, -0.15) is 0 Å². The van der Waals surface area contributed by atoms with Crippen molar-refractivity contribution in [1.82, 2.24) is 10.6 Å². The molecule has 7 heteroatoms. The number of alkyl carbamates (subject to hydrolysis) is 1. The van der Waals surface area contributed by atoms with E-state index in [2.05, 4.69) is 34.9 Å². The van der Waals surface area contributed by atoms with Crippen LogP contribution in [0.15, 0.2) is 48.5 Å². The van der Waals surface area contributed by atoms with Crippen molar-refractivity contribution in [2.24, 2.45) is 11.3 Å². The molecule has 1 atom stereocenters. The lowest BCUT2D eigenvalue weighted by molar-refractivity contribution is -0.143. The highest BCUT2D eigenvalue weighted by atomic mass is 16.5. The van der Waals surface area contributed by atoms with Gasteiger partial charge in [-0.05, 0) is 47.4 Å². The van der Waals surface area contributed by atoms with Crippen molar-refractivity contribution >= 4 is 18.0 Å². The van der Waals surface area contributed by atoms with E-state index in [-0.39, 0.29) is 30.9 Å². The lowest BCUT2D eigenvalue weighted by atomic mass is 9.98. The molecule has 1 saturated carbocycles. The average molecular weight is 451 g/mol. The maximum atomic E-state index is 12.7. The Morgan fingerprint density at radius 1 is 1.03 bits per heavy atom. The third-order valence-electron chi connectivity index (χ3n) is 6.56. The molecule has 0 spiro atoms. The van der Waals surface area contributed by atoms with E-state index in [1.54, 1.807) is 0 Å². The smallest absolute Gasteiger partial charge is 0.407 e. The van der Waals surface area contributed by atoms with Gasteiger partial charge in [-0.3, -0.25) is 4.79 Å². The number of aliphatic carboxylic acids is 1. The second-order valence-corrected chi connectivity index (χ2v) is 9.45. The molecule has 3 N–H and O–H groups in total. The fourth-order valence-corrected chi connectivity index (χ4v) is 4.53. The summed E-state index contributed by atoms with van der Waals surface area (Å²) in [5, 5.41) is 14.7. The molecule has 0 aromatic heterocycles. The number of carbonyl (C=O) groups excluding carboxylic acids is 2. The number of rotatable bonds is 9. The molecule has 2 aromatic carbocycles. The Morgan fingerprint density at radius 2 is 1.61 bits per heavy atom. The fourth-order valence-electron chi connectivity index (χ4n) is 4.53. The Labute approximate surface area is 193 Å². The van der Waals surface area contributed by atoms with E-state index in [4.69, 9.17) is 4.74 Å². The number of benzene rings is 2. The van der Waals surface area contributed by atoms with Crippen LogP contribution in [0.25, 0.3) is 11.1 Å². The molecule has 1 fully saturated rings. The van der Waals surface area contributed by atoms with Crippen molar-refractivity contribution in [1.29, 1.82) is 0 Å². The van der Waals surface area contributed by atoms with Gasteiger partial charge in [-0.1, -0.05) is 62.4 Å². The van der Waals surface area contributed by atoms with Crippen LogP contribution in [0, 0.1) is 11.3 Å². The van der Waals surface area contributed by atoms with Gasteiger partial charge in [0.2, 0.25) is 5.91 Å². The monoisotopic (exact) mass is 450 g/mol. The highest BCUT2D eigenvalue weighted by Crippen LogP contribution is 2.46. The average Bonchev–Trinajstić information content (AvgIpc) is 3.52. The number of fused-ring (bicyclic) bond motifs is 3. The van der Waals surface area contributed by atoms with Crippen LogP contribution in [-0.4, -0.2) is 42.3 Å². The number of ether oxygens (including phenoxy) is 1. The van der Waals surface area contributed by atoms with E-state index in [0.29, 0.717) is 19.3 Å². The highest BCUT2D eigenvalue weighted by molar-refractivity contribution is 5.90. The van der Waals surface area contributed by atoms with Gasteiger partial charge in [0.25, 0.3) is 0 Å². The number of carbonyl (C=O) groups is 3. The molecule has 2 aliphatic carbocycles. The van der Waals surface area contributed by atoms with E-state index in [1.807, 2.05) is 38.1 Å². The zero-order valence-electron chi connectivity index (χ0n) is 19.0. The SMILES string of the molecule is CC(C)C[C@H](NC(=O)C1(CNC(=O)OCC2c3ccccc3-c3ccccc32)CC1)C(=O)O. The normalized spacial score (nSPS) is 16.5. The molecule has 0 heterocycles. The minimum atomic E-state index is -1.04. The summed E-state index contributed by atoms with van der Waals surface area (Å²) in [5.74, 6) is -1.26. The Balaban J connectivity index is 1.32. The van der Waals surface area contributed by atoms with Crippen LogP contribution in [0.1, 0.15) is 50.2 Å². The molecule has 2 aliphatic rings. The van der Waals surface area contributed by atoms with E-state index >= 15 is 0 Å². The molecule has 33 heavy (non-hydrogen) atoms. The number of hydrogen-bond donors (Lipinski definition) is 3. The van der Waals surface area contributed by atoms with Crippen LogP contribution in [0.3, 0.4) is 0 Å². The van der Waals surface area contributed by atoms with Crippen molar-refractivity contribution in [3.8, 4) is 11.1 Å². The van der Waals surface area contributed by atoms with Gasteiger partial charge < -0.3 is 20.5 Å². The first-order chi connectivity index (χ1) is 15.8. The van der Waals surface area contributed by atoms with E-state index in [1.165, 1.54) is 0 Å². The van der Waals surface area contributed by atoms with Gasteiger partial charge in [0.05, 0.1) is 5.41 Å². The van der Waals surface area contributed by atoms with Gasteiger partial charge in [0.1, 0.15) is 12.6 Å². The molecule has 0 unspecified atom stereocenters. The van der Waals surface area contributed by atoms with Crippen molar-refractivity contribution in [3.63, 3.8) is 0 Å². The molecular formula is C26H30N2O5. The first-order valence-electron chi connectivity index (χ1n) is 11.4. The summed E-state index contributed by atoms with van der Waals surface area (Å²) in [6.45, 7) is 4.15. The fraction of sp³-hybridized carbons (Fsp3) is 0.423. The number of hydrogen-bond acceptors (Lipinski definition) is 4. The van der Waals surface area contributed by atoms with Crippen LogP contribution in [0.4, 0.5) is 4.79 Å². The largest absolute Gasteiger partial charge is 0.480 e. The van der Waals surface area contributed by atoms with Crippen LogP contribution < -0.4 is 10.6 Å². The van der Waals surface area contributed by atoms with Crippen LogP contribution >= 0.6 is 0 Å². The number of nitrogens with one attached hydrogen (secondary N) is 2. The molecule has 7 nitrogen and oxygen atoms in total. The Bertz CT molecular complexity index is 1010. The Hall–Kier alpha value is -3.35. The van der Waals surface area contributed by atoms with E-state index < -0.39 is 23.5 Å². The second-order valence-electron chi connectivity index (χ2n) is 9.45. The van der Waals surface area contributed by atoms with Crippen molar-refractivity contribution in [3.05, 3.63) is 59.7 Å². The summed E-state index contributed by atoms with van der Waals surface area (Å²) < 4.78 is 5.54. The lowest BCUT2D eigenvalue weighted by Crippen LogP contribution is -2.48. The molecule has 2 amide bonds. The third-order valence-corrected chi connectivity index (χ3v) is 6.56. The first-order valence-corrected chi connectivity index (χ1v) is 11.4. The van der Waals surface area contributed by atoms with Crippen molar-refractivity contribution < 1.29 is 24.2 Å². The van der Waals surface area contributed by atoms with Gasteiger partial charge in [-0.15, -0.1) is 0 Å². The van der Waals surface area contributed by atoms with Crippen LogP contribution in [-0.2, 0) is 14.3 Å². The topological polar surface area (TPSA) is 105 Å². The quantitative estimate of drug-likeness (QED) is 0.537. The zero-order chi connectivity index (χ0) is 23.6. The second kappa shape index (κ2) is 9.25. The predicted octanol–water partition coefficient (Wildman–Crippen LogP) is 3.92. The lowest BCUT2D eigenvalue weighted by Gasteiger charge is -2.21. The predicted molar refractivity (Wildman–Crippen MR) is 124 cm³/mol. The number of carboxylic acid groups (broad SMARTS) is 1. The Morgan fingerprint density at radius 3 is 2.12 bits per heavy atom. The zero-order valence-corrected chi connectivity index (χ0v) is 19.0. The molecule has 4 rings (SSSR count). The summed E-state index contributed by atoms with van der Waals surface area (Å²) in [7, 11) is 0. The number of carboxylic acids is 1. The molecule has 0 bridgehead atoms. The van der Waals surface area contributed by atoms with E-state index in [9.17, 15) is 19.5 Å². The molecule has 0 aliphatic heterocycles. The molecule has 174 valence electrons. The van der Waals surface area contributed by atoms with E-state index in [0.717, 1.165) is 22.3 Å². The molecular weight excluding hydrogens is 420 g/mol. The highest BCUT2D eigenvalue weighted by Gasteiger charge is 2.50. The van der Waals surface area contributed by atoms with Crippen molar-refractivity contribution in [2.75, 3.05) is 13.2 Å². The van der Waals surface area contributed by atoms with Crippen LogP contribution in [0.5, 0.6) is 0 Å². The van der Waals surface area contributed by atoms with Gasteiger partial charge >= 0.3 is 12.1 Å². The van der Waals surface area contributed by atoms with Gasteiger partial charge in [0.15, 0.2) is 0 Å². The molecule has 0 saturated heterocycles. The summed E-state index contributed by atoms with van der Waals surface area (Å²) >= 11 is 0. The maximum absolute atomic E-state index is 12.7.